The van der Waals surface area contributed by atoms with Gasteiger partial charge in [0.25, 0.3) is 0 Å². The predicted octanol–water partition coefficient (Wildman–Crippen LogP) is 0.450. The third-order valence-corrected chi connectivity index (χ3v) is 2.63. The zero-order valence-corrected chi connectivity index (χ0v) is 7.92. The van der Waals surface area contributed by atoms with E-state index in [0.29, 0.717) is 6.54 Å². The summed E-state index contributed by atoms with van der Waals surface area (Å²) < 4.78 is 0. The van der Waals surface area contributed by atoms with E-state index in [1.165, 1.54) is 6.42 Å². The molecule has 1 heterocycles. The van der Waals surface area contributed by atoms with E-state index in [1.54, 1.807) is 0 Å². The van der Waals surface area contributed by atoms with Gasteiger partial charge in [0.15, 0.2) is 0 Å². The standard InChI is InChI=1S/C9H18N2O/c1-7(2)8-3-4-11(5-8)6-9(10)12/h7-8H,3-6H2,1-2H3,(H2,10,12). The van der Waals surface area contributed by atoms with Crippen LogP contribution in [0.2, 0.25) is 0 Å². The van der Waals surface area contributed by atoms with Crippen molar-refractivity contribution in [3.63, 3.8) is 0 Å². The molecule has 1 aliphatic rings. The van der Waals surface area contributed by atoms with Crippen molar-refractivity contribution in [2.24, 2.45) is 17.6 Å². The van der Waals surface area contributed by atoms with Crippen molar-refractivity contribution < 1.29 is 4.79 Å². The molecule has 0 aromatic rings. The number of primary amides is 1. The second-order valence-electron chi connectivity index (χ2n) is 3.99. The van der Waals surface area contributed by atoms with Crippen LogP contribution in [-0.4, -0.2) is 30.4 Å². The van der Waals surface area contributed by atoms with Crippen LogP contribution in [0, 0.1) is 11.8 Å². The number of nitrogens with zero attached hydrogens (tertiary/aromatic N) is 1. The lowest BCUT2D eigenvalue weighted by molar-refractivity contribution is -0.118. The molecule has 1 fully saturated rings. The fourth-order valence-corrected chi connectivity index (χ4v) is 1.77. The number of hydrogen-bond acceptors (Lipinski definition) is 2. The molecule has 70 valence electrons. The number of hydrogen-bond donors (Lipinski definition) is 1. The average Bonchev–Trinajstić information content (AvgIpc) is 2.34. The predicted molar refractivity (Wildman–Crippen MR) is 48.6 cm³/mol. The van der Waals surface area contributed by atoms with Crippen molar-refractivity contribution >= 4 is 5.91 Å². The van der Waals surface area contributed by atoms with Gasteiger partial charge in [0.1, 0.15) is 0 Å². The number of carbonyl (C=O) groups is 1. The Morgan fingerprint density at radius 2 is 2.33 bits per heavy atom. The van der Waals surface area contributed by atoms with Crippen LogP contribution in [0.15, 0.2) is 0 Å². The van der Waals surface area contributed by atoms with Gasteiger partial charge >= 0.3 is 0 Å². The Kier molecular flexibility index (Phi) is 3.09. The fraction of sp³-hybridized carbons (Fsp3) is 0.889. The molecule has 2 N–H and O–H groups in total. The van der Waals surface area contributed by atoms with Crippen LogP contribution in [0.25, 0.3) is 0 Å². The van der Waals surface area contributed by atoms with Crippen LogP contribution in [0.4, 0.5) is 0 Å². The van der Waals surface area contributed by atoms with Gasteiger partial charge in [-0.1, -0.05) is 13.8 Å². The van der Waals surface area contributed by atoms with Crippen LogP contribution in [0.5, 0.6) is 0 Å². The van der Waals surface area contributed by atoms with Crippen molar-refractivity contribution in [3.8, 4) is 0 Å². The number of likely N-dealkylation sites (tertiary alicyclic amines) is 1. The molecule has 1 aliphatic heterocycles. The normalized spacial score (nSPS) is 25.1. The van der Waals surface area contributed by atoms with Gasteiger partial charge in [-0.2, -0.15) is 0 Å². The highest BCUT2D eigenvalue weighted by Gasteiger charge is 2.25. The van der Waals surface area contributed by atoms with Crippen molar-refractivity contribution in [2.45, 2.75) is 20.3 Å². The van der Waals surface area contributed by atoms with E-state index in [1.807, 2.05) is 0 Å². The Balaban J connectivity index is 2.30. The molecule has 1 rings (SSSR count). The average molecular weight is 170 g/mol. The second kappa shape index (κ2) is 3.90. The summed E-state index contributed by atoms with van der Waals surface area (Å²) in [6.45, 7) is 6.98. The second-order valence-corrected chi connectivity index (χ2v) is 3.99. The highest BCUT2D eigenvalue weighted by Crippen LogP contribution is 2.22. The molecule has 3 nitrogen and oxygen atoms in total. The summed E-state index contributed by atoms with van der Waals surface area (Å²) in [4.78, 5) is 12.8. The molecule has 0 saturated carbocycles. The van der Waals surface area contributed by atoms with Gasteiger partial charge in [0, 0.05) is 6.54 Å². The lowest BCUT2D eigenvalue weighted by Crippen LogP contribution is -2.32. The van der Waals surface area contributed by atoms with E-state index in [2.05, 4.69) is 18.7 Å². The summed E-state index contributed by atoms with van der Waals surface area (Å²) in [7, 11) is 0. The van der Waals surface area contributed by atoms with Crippen molar-refractivity contribution in [1.82, 2.24) is 4.90 Å². The van der Waals surface area contributed by atoms with Gasteiger partial charge < -0.3 is 5.73 Å². The minimum absolute atomic E-state index is 0.209. The van der Waals surface area contributed by atoms with Crippen LogP contribution < -0.4 is 5.73 Å². The Hall–Kier alpha value is -0.570. The lowest BCUT2D eigenvalue weighted by Gasteiger charge is -2.15. The largest absolute Gasteiger partial charge is 0.369 e. The Morgan fingerprint density at radius 1 is 1.67 bits per heavy atom. The highest BCUT2D eigenvalue weighted by atomic mass is 16.1. The third kappa shape index (κ3) is 2.48. The van der Waals surface area contributed by atoms with E-state index >= 15 is 0 Å². The van der Waals surface area contributed by atoms with Gasteiger partial charge in [-0.15, -0.1) is 0 Å². The molecule has 0 radical (unpaired) electrons. The number of amides is 1. The van der Waals surface area contributed by atoms with Gasteiger partial charge in [-0.25, -0.2) is 0 Å². The summed E-state index contributed by atoms with van der Waals surface area (Å²) >= 11 is 0. The Labute approximate surface area is 73.9 Å². The monoisotopic (exact) mass is 170 g/mol. The number of carbonyl (C=O) groups excluding carboxylic acids is 1. The van der Waals surface area contributed by atoms with Gasteiger partial charge in [0.05, 0.1) is 6.54 Å². The quantitative estimate of drug-likeness (QED) is 0.668. The van der Waals surface area contributed by atoms with Gasteiger partial charge in [0.2, 0.25) is 5.91 Å². The van der Waals surface area contributed by atoms with E-state index < -0.39 is 0 Å². The summed E-state index contributed by atoms with van der Waals surface area (Å²) in [6.07, 6.45) is 1.21. The first-order chi connectivity index (χ1) is 5.59. The molecule has 1 saturated heterocycles. The minimum atomic E-state index is -0.209. The topological polar surface area (TPSA) is 46.3 Å². The molecule has 0 aromatic carbocycles. The van der Waals surface area contributed by atoms with E-state index in [0.717, 1.165) is 24.9 Å². The summed E-state index contributed by atoms with van der Waals surface area (Å²) in [5, 5.41) is 0. The van der Waals surface area contributed by atoms with Crippen molar-refractivity contribution in [2.75, 3.05) is 19.6 Å². The maximum absolute atomic E-state index is 10.6. The molecule has 0 spiro atoms. The molecule has 1 atom stereocenters. The van der Waals surface area contributed by atoms with E-state index in [9.17, 15) is 4.79 Å². The molecular formula is C9H18N2O. The van der Waals surface area contributed by atoms with Gasteiger partial charge in [-0.05, 0) is 24.8 Å². The number of rotatable bonds is 3. The zero-order chi connectivity index (χ0) is 9.14. The fourth-order valence-electron chi connectivity index (χ4n) is 1.77. The van der Waals surface area contributed by atoms with Crippen LogP contribution in [0.3, 0.4) is 0 Å². The zero-order valence-electron chi connectivity index (χ0n) is 7.92. The van der Waals surface area contributed by atoms with Crippen LogP contribution in [0.1, 0.15) is 20.3 Å². The third-order valence-electron chi connectivity index (χ3n) is 2.63. The Bertz CT molecular complexity index is 168. The minimum Gasteiger partial charge on any atom is -0.369 e. The van der Waals surface area contributed by atoms with E-state index in [4.69, 9.17) is 5.73 Å². The van der Waals surface area contributed by atoms with Crippen molar-refractivity contribution in [3.05, 3.63) is 0 Å². The molecule has 1 amide bonds. The first-order valence-corrected chi connectivity index (χ1v) is 4.60. The summed E-state index contributed by atoms with van der Waals surface area (Å²) in [5.74, 6) is 1.27. The maximum Gasteiger partial charge on any atom is 0.231 e. The van der Waals surface area contributed by atoms with Crippen LogP contribution in [-0.2, 0) is 4.79 Å². The number of nitrogens with two attached hydrogens (primary N) is 1. The van der Waals surface area contributed by atoms with E-state index in [-0.39, 0.29) is 5.91 Å². The summed E-state index contributed by atoms with van der Waals surface area (Å²) in [6, 6.07) is 0. The molecule has 3 heteroatoms. The first kappa shape index (κ1) is 9.52. The van der Waals surface area contributed by atoms with Crippen LogP contribution >= 0.6 is 0 Å². The smallest absolute Gasteiger partial charge is 0.231 e. The molecule has 1 unspecified atom stereocenters. The molecule has 0 aliphatic carbocycles. The van der Waals surface area contributed by atoms with Gasteiger partial charge in [-0.3, -0.25) is 9.69 Å². The molecular weight excluding hydrogens is 152 g/mol. The molecule has 0 bridgehead atoms. The summed E-state index contributed by atoms with van der Waals surface area (Å²) in [5.41, 5.74) is 5.11. The highest BCUT2D eigenvalue weighted by molar-refractivity contribution is 5.75. The first-order valence-electron chi connectivity index (χ1n) is 4.60. The molecule has 12 heavy (non-hydrogen) atoms. The van der Waals surface area contributed by atoms with Crippen molar-refractivity contribution in [1.29, 1.82) is 0 Å². The Morgan fingerprint density at radius 3 is 2.75 bits per heavy atom. The lowest BCUT2D eigenvalue weighted by atomic mass is 9.95. The molecule has 0 aromatic heterocycles. The maximum atomic E-state index is 10.6. The SMILES string of the molecule is CC(C)C1CCN(CC(N)=O)C1.